The van der Waals surface area contributed by atoms with Gasteiger partial charge < -0.3 is 9.84 Å². The number of nitrogens with one attached hydrogen (secondary N) is 1. The number of unbranched alkanes of at least 4 members (excludes halogenated alkanes) is 7. The second-order valence-electron chi connectivity index (χ2n) is 9.02. The number of hydrogen-bond donors (Lipinski definition) is 1. The normalized spacial score (nSPS) is 17.6. The average molecular weight is 540 g/mol. The number of Topliss-reactive ketones (excluding diaryl/α,β-unsaturated/α-hetero) is 1. The van der Waals surface area contributed by atoms with Gasteiger partial charge in [-0.25, -0.2) is 16.8 Å². The number of carbonyl (C=O) groups excluding carboxylic acids is 2. The number of ketones is 1. The van der Waals surface area contributed by atoms with Crippen LogP contribution >= 0.6 is 0 Å². The van der Waals surface area contributed by atoms with Crippen molar-refractivity contribution in [2.45, 2.75) is 75.0 Å². The molecule has 0 fully saturated rings. The molecule has 1 aliphatic rings. The topological polar surface area (TPSA) is 144 Å². The van der Waals surface area contributed by atoms with Gasteiger partial charge in [-0.1, -0.05) is 69.2 Å². The Hall–Kier alpha value is -2.57. The van der Waals surface area contributed by atoms with Crippen molar-refractivity contribution in [1.29, 1.82) is 0 Å². The monoisotopic (exact) mass is 539 g/mol. The minimum atomic E-state index is -4.05. The van der Waals surface area contributed by atoms with E-state index >= 15 is 0 Å². The molecule has 0 saturated heterocycles. The first-order chi connectivity index (χ1) is 17.1. The lowest BCUT2D eigenvalue weighted by Crippen LogP contribution is -2.53. The number of fused-ring (bicyclic) bond motifs is 1. The van der Waals surface area contributed by atoms with E-state index in [9.17, 15) is 26.4 Å². The summed E-state index contributed by atoms with van der Waals surface area (Å²) in [6, 6.07) is 5.32. The van der Waals surface area contributed by atoms with Crippen molar-refractivity contribution in [1.82, 2.24) is 9.46 Å². The molecular formula is C24H33N3O7S2. The van der Waals surface area contributed by atoms with Gasteiger partial charge in [-0.05, 0) is 18.6 Å². The molecule has 1 unspecified atom stereocenters. The third-order valence-electron chi connectivity index (χ3n) is 6.15. The third-order valence-corrected chi connectivity index (χ3v) is 9.67. The van der Waals surface area contributed by atoms with Gasteiger partial charge in [0.05, 0.1) is 10.6 Å². The summed E-state index contributed by atoms with van der Waals surface area (Å²) in [4.78, 5) is 25.5. The van der Waals surface area contributed by atoms with Crippen molar-refractivity contribution in [2.75, 3.05) is 18.1 Å². The largest absolute Gasteiger partial charge is 0.358 e. The molecule has 0 spiro atoms. The van der Waals surface area contributed by atoms with Crippen LogP contribution in [0, 0.1) is 0 Å². The van der Waals surface area contributed by atoms with Crippen LogP contribution in [0.4, 0.5) is 5.82 Å². The molecule has 0 bridgehead atoms. The van der Waals surface area contributed by atoms with Crippen LogP contribution in [0.1, 0.15) is 74.4 Å². The minimum absolute atomic E-state index is 0.0307. The zero-order chi connectivity index (χ0) is 26.3. The molecule has 1 atom stereocenters. The molecule has 2 aromatic rings. The lowest BCUT2D eigenvalue weighted by Gasteiger charge is -2.30. The molecule has 0 saturated carbocycles. The number of hydrogen-bond acceptors (Lipinski definition) is 8. The van der Waals surface area contributed by atoms with E-state index in [-0.39, 0.29) is 33.5 Å². The highest BCUT2D eigenvalue weighted by Gasteiger charge is 2.45. The summed E-state index contributed by atoms with van der Waals surface area (Å²) in [7, 11) is -6.32. The molecule has 12 heteroatoms. The highest BCUT2D eigenvalue weighted by atomic mass is 32.2. The van der Waals surface area contributed by atoms with Gasteiger partial charge in [0.1, 0.15) is 5.75 Å². The van der Waals surface area contributed by atoms with E-state index in [0.717, 1.165) is 26.3 Å². The number of sulfone groups is 1. The fourth-order valence-electron chi connectivity index (χ4n) is 4.16. The first kappa shape index (κ1) is 28.0. The Morgan fingerprint density at radius 1 is 1.08 bits per heavy atom. The molecule has 1 N–H and O–H groups in total. The van der Waals surface area contributed by atoms with Gasteiger partial charge in [-0.2, -0.15) is 4.31 Å². The maximum absolute atomic E-state index is 12.9. The second-order valence-corrected chi connectivity index (χ2v) is 13.2. The van der Waals surface area contributed by atoms with Crippen LogP contribution in [0.2, 0.25) is 0 Å². The van der Waals surface area contributed by atoms with E-state index in [2.05, 4.69) is 17.4 Å². The average Bonchev–Trinajstić information content (AvgIpc) is 3.25. The van der Waals surface area contributed by atoms with E-state index in [1.807, 2.05) is 0 Å². The van der Waals surface area contributed by atoms with Crippen molar-refractivity contribution in [3.8, 4) is 0 Å². The van der Waals surface area contributed by atoms with Gasteiger partial charge in [-0.15, -0.1) is 0 Å². The predicted molar refractivity (Wildman–Crippen MR) is 135 cm³/mol. The van der Waals surface area contributed by atoms with Crippen molar-refractivity contribution in [2.24, 2.45) is 0 Å². The number of likely N-dealkylation sites (N-methyl/N-ethyl adjacent to an activating group) is 1. The Morgan fingerprint density at radius 2 is 1.72 bits per heavy atom. The van der Waals surface area contributed by atoms with Crippen molar-refractivity contribution in [3.05, 3.63) is 41.7 Å². The minimum Gasteiger partial charge on any atom is -0.358 e. The Bertz CT molecular complexity index is 1290. The molecule has 198 valence electrons. The number of nitrogens with zero attached hydrogens (tertiary/aromatic N) is 2. The van der Waals surface area contributed by atoms with Crippen LogP contribution in [0.5, 0.6) is 0 Å². The predicted octanol–water partition coefficient (Wildman–Crippen LogP) is 3.55. The number of carbonyl (C=O) groups is 2. The number of benzene rings is 1. The third kappa shape index (κ3) is 6.80. The number of anilines is 1. The Kier molecular flexibility index (Phi) is 9.42. The van der Waals surface area contributed by atoms with Crippen molar-refractivity contribution < 1.29 is 30.9 Å². The van der Waals surface area contributed by atoms with Crippen LogP contribution in [0.3, 0.4) is 0 Å². The first-order valence-corrected chi connectivity index (χ1v) is 15.4. The molecule has 0 aliphatic carbocycles. The Labute approximate surface area is 212 Å². The maximum Gasteiger partial charge on any atom is 0.252 e. The summed E-state index contributed by atoms with van der Waals surface area (Å²) in [5.41, 5.74) is -0.0661. The fourth-order valence-corrected chi connectivity index (χ4v) is 7.00. The Balaban J connectivity index is 1.55. The van der Waals surface area contributed by atoms with Gasteiger partial charge in [-0.3, -0.25) is 9.59 Å². The summed E-state index contributed by atoms with van der Waals surface area (Å²) in [5.74, 6) is -1.97. The number of aromatic nitrogens is 1. The standard InChI is InChI=1S/C24H33N3O7S2/c1-3-4-5-6-7-8-9-12-15-35(30,31)17-18-16-21(26-34-18)25-24(29)22-23(28)19-13-10-11-14-20(19)36(32,33)27(22)2/h10-11,13-14,16,22H,3-9,12,15,17H2,1-2H3,(H,25,26,29). The summed E-state index contributed by atoms with van der Waals surface area (Å²) < 4.78 is 56.2. The highest BCUT2D eigenvalue weighted by molar-refractivity contribution is 7.90. The summed E-state index contributed by atoms with van der Waals surface area (Å²) in [6.07, 6.45) is 8.34. The Morgan fingerprint density at radius 3 is 2.42 bits per heavy atom. The molecule has 3 rings (SSSR count). The van der Waals surface area contributed by atoms with E-state index < -0.39 is 37.6 Å². The molecule has 1 aromatic heterocycles. The van der Waals surface area contributed by atoms with Crippen LogP contribution in [0.25, 0.3) is 0 Å². The number of rotatable bonds is 13. The molecule has 1 aliphatic heterocycles. The molecular weight excluding hydrogens is 506 g/mol. The van der Waals surface area contributed by atoms with Crippen LogP contribution in [-0.2, 0) is 30.4 Å². The van der Waals surface area contributed by atoms with Crippen LogP contribution in [-0.4, -0.2) is 56.8 Å². The summed E-state index contributed by atoms with van der Waals surface area (Å²) >= 11 is 0. The van der Waals surface area contributed by atoms with Crippen molar-refractivity contribution >= 4 is 37.4 Å². The van der Waals surface area contributed by atoms with E-state index in [1.165, 1.54) is 56.0 Å². The van der Waals surface area contributed by atoms with Gasteiger partial charge in [0, 0.05) is 18.7 Å². The van der Waals surface area contributed by atoms with Gasteiger partial charge in [0.15, 0.2) is 33.2 Å². The molecule has 1 aromatic carbocycles. The summed E-state index contributed by atoms with van der Waals surface area (Å²) in [5, 5.41) is 6.02. The SMILES string of the molecule is CCCCCCCCCCS(=O)(=O)Cc1cc(NC(=O)C2C(=O)c3ccccc3S(=O)(=O)N2C)no1. The molecule has 36 heavy (non-hydrogen) atoms. The fraction of sp³-hybridized carbons (Fsp3) is 0.542. The number of sulfonamides is 1. The second kappa shape index (κ2) is 12.1. The van der Waals surface area contributed by atoms with Gasteiger partial charge in [0.2, 0.25) is 10.0 Å². The van der Waals surface area contributed by atoms with E-state index in [0.29, 0.717) is 10.7 Å². The van der Waals surface area contributed by atoms with Gasteiger partial charge >= 0.3 is 0 Å². The molecule has 10 nitrogen and oxygen atoms in total. The van der Waals surface area contributed by atoms with E-state index in [1.54, 1.807) is 0 Å². The summed E-state index contributed by atoms with van der Waals surface area (Å²) in [6.45, 7) is 2.17. The quantitative estimate of drug-likeness (QED) is 0.301. The smallest absolute Gasteiger partial charge is 0.252 e. The van der Waals surface area contributed by atoms with Crippen LogP contribution in [0.15, 0.2) is 39.8 Å². The lowest BCUT2D eigenvalue weighted by atomic mass is 10.0. The van der Waals surface area contributed by atoms with Gasteiger partial charge in [0.25, 0.3) is 5.91 Å². The van der Waals surface area contributed by atoms with E-state index in [4.69, 9.17) is 4.52 Å². The zero-order valence-electron chi connectivity index (χ0n) is 20.6. The first-order valence-electron chi connectivity index (χ1n) is 12.1. The number of amides is 1. The van der Waals surface area contributed by atoms with Crippen molar-refractivity contribution in [3.63, 3.8) is 0 Å². The maximum atomic E-state index is 12.9. The highest BCUT2D eigenvalue weighted by Crippen LogP contribution is 2.29. The molecule has 2 heterocycles. The zero-order valence-corrected chi connectivity index (χ0v) is 22.2. The lowest BCUT2D eigenvalue weighted by molar-refractivity contribution is -0.118. The van der Waals surface area contributed by atoms with Crippen LogP contribution < -0.4 is 5.32 Å². The molecule has 1 amide bonds. The molecule has 0 radical (unpaired) electrons.